The van der Waals surface area contributed by atoms with E-state index in [1.807, 2.05) is 37.3 Å². The van der Waals surface area contributed by atoms with E-state index in [9.17, 15) is 14.4 Å². The van der Waals surface area contributed by atoms with E-state index in [1.54, 1.807) is 60.7 Å². The van der Waals surface area contributed by atoms with E-state index < -0.39 is 11.8 Å². The average molecular weight is 619 g/mol. The topological polar surface area (TPSA) is 87.3 Å². The fourth-order valence-electron chi connectivity index (χ4n) is 4.08. The lowest BCUT2D eigenvalue weighted by atomic mass is 10.1. The van der Waals surface area contributed by atoms with Crippen molar-refractivity contribution in [3.63, 3.8) is 0 Å². The van der Waals surface area contributed by atoms with Crippen LogP contribution in [0.2, 0.25) is 10.0 Å². The van der Waals surface area contributed by atoms with Crippen LogP contribution in [0, 0.1) is 6.92 Å². The van der Waals surface area contributed by atoms with Crippen LogP contribution in [0.4, 0.5) is 11.4 Å². The summed E-state index contributed by atoms with van der Waals surface area (Å²) in [6.07, 6.45) is 2.33. The molecule has 4 aromatic carbocycles. The van der Waals surface area contributed by atoms with Crippen molar-refractivity contribution in [3.8, 4) is 0 Å². The number of hydrogen-bond acceptors (Lipinski definition) is 4. The quantitative estimate of drug-likeness (QED) is 0.124. The number of nitrogens with one attached hydrogen (secondary N) is 3. The number of rotatable bonds is 10. The normalized spacial score (nSPS) is 11.1. The largest absolute Gasteiger partial charge is 0.325 e. The second-order valence-corrected chi connectivity index (χ2v) is 11.2. The van der Waals surface area contributed by atoms with Crippen LogP contribution in [0.5, 0.6) is 0 Å². The molecule has 0 saturated carbocycles. The van der Waals surface area contributed by atoms with E-state index in [4.69, 9.17) is 23.2 Å². The van der Waals surface area contributed by atoms with E-state index in [2.05, 4.69) is 22.9 Å². The maximum Gasteiger partial charge on any atom is 0.272 e. The fraction of sp³-hybridized carbons (Fsp3) is 0.121. The van der Waals surface area contributed by atoms with Crippen LogP contribution in [-0.4, -0.2) is 23.5 Å². The molecule has 0 radical (unpaired) electrons. The lowest BCUT2D eigenvalue weighted by Crippen LogP contribution is -2.30. The van der Waals surface area contributed by atoms with Crippen LogP contribution in [-0.2, 0) is 16.0 Å². The molecule has 4 rings (SSSR count). The summed E-state index contributed by atoms with van der Waals surface area (Å²) < 4.78 is 0. The van der Waals surface area contributed by atoms with Gasteiger partial charge in [0, 0.05) is 31.9 Å². The maximum atomic E-state index is 13.3. The average Bonchev–Trinajstić information content (AvgIpc) is 2.99. The highest BCUT2D eigenvalue weighted by Gasteiger charge is 2.16. The molecule has 3 N–H and O–H groups in total. The van der Waals surface area contributed by atoms with Crippen LogP contribution < -0.4 is 16.0 Å². The van der Waals surface area contributed by atoms with Gasteiger partial charge in [0.15, 0.2) is 0 Å². The predicted molar refractivity (Wildman–Crippen MR) is 173 cm³/mol. The van der Waals surface area contributed by atoms with Gasteiger partial charge in [-0.2, -0.15) is 0 Å². The van der Waals surface area contributed by atoms with Crippen molar-refractivity contribution in [1.29, 1.82) is 0 Å². The lowest BCUT2D eigenvalue weighted by molar-refractivity contribution is -0.114. The van der Waals surface area contributed by atoms with Gasteiger partial charge < -0.3 is 16.0 Å². The van der Waals surface area contributed by atoms with Gasteiger partial charge in [-0.05, 0) is 84.6 Å². The maximum absolute atomic E-state index is 13.3. The Labute approximate surface area is 259 Å². The SMILES string of the molecule is CCc1cccc(C)c1NC(=O)CSc1ccc(NC(=O)/C(=C/c2ccc(Cl)cc2Cl)NC(=O)c2ccccc2)cc1. The minimum atomic E-state index is -0.532. The van der Waals surface area contributed by atoms with Crippen molar-refractivity contribution in [3.05, 3.63) is 129 Å². The standard InChI is InChI=1S/C33H29Cl2N3O3S/c1-3-22-11-7-8-21(2)31(22)38-30(39)20-42-27-16-14-26(15-17-27)36-33(41)29(18-24-12-13-25(34)19-28(24)35)37-32(40)23-9-5-4-6-10-23/h4-19H,3,20H2,1-2H3,(H,36,41)(H,37,40)(H,38,39)/b29-18-. The first-order chi connectivity index (χ1) is 20.2. The second kappa shape index (κ2) is 14.7. The molecule has 3 amide bonds. The van der Waals surface area contributed by atoms with Gasteiger partial charge in [-0.25, -0.2) is 0 Å². The zero-order chi connectivity index (χ0) is 30.1. The van der Waals surface area contributed by atoms with Crippen molar-refractivity contribution in [2.45, 2.75) is 25.2 Å². The Morgan fingerprint density at radius 1 is 0.857 bits per heavy atom. The molecule has 0 unspecified atom stereocenters. The van der Waals surface area contributed by atoms with Crippen LogP contribution >= 0.6 is 35.0 Å². The second-order valence-electron chi connectivity index (χ2n) is 9.32. The molecule has 0 saturated heterocycles. The Bertz CT molecular complexity index is 1620. The highest BCUT2D eigenvalue weighted by molar-refractivity contribution is 8.00. The van der Waals surface area contributed by atoms with E-state index in [0.717, 1.165) is 28.1 Å². The first-order valence-corrected chi connectivity index (χ1v) is 14.9. The van der Waals surface area contributed by atoms with Gasteiger partial charge in [-0.15, -0.1) is 11.8 Å². The Morgan fingerprint density at radius 2 is 1.60 bits per heavy atom. The summed E-state index contributed by atoms with van der Waals surface area (Å²) in [7, 11) is 0. The molecule has 0 fully saturated rings. The minimum absolute atomic E-state index is 0.00542. The van der Waals surface area contributed by atoms with Crippen molar-refractivity contribution < 1.29 is 14.4 Å². The summed E-state index contributed by atoms with van der Waals surface area (Å²) >= 11 is 13.7. The van der Waals surface area contributed by atoms with Crippen LogP contribution in [0.3, 0.4) is 0 Å². The van der Waals surface area contributed by atoms with E-state index in [-0.39, 0.29) is 17.4 Å². The third-order valence-electron chi connectivity index (χ3n) is 6.28. The zero-order valence-electron chi connectivity index (χ0n) is 23.0. The molecule has 0 bridgehead atoms. The molecule has 0 aliphatic heterocycles. The first-order valence-electron chi connectivity index (χ1n) is 13.2. The van der Waals surface area contributed by atoms with Gasteiger partial charge in [0.25, 0.3) is 11.8 Å². The van der Waals surface area contributed by atoms with Crippen molar-refractivity contribution in [1.82, 2.24) is 5.32 Å². The number of para-hydroxylation sites is 1. The summed E-state index contributed by atoms with van der Waals surface area (Å²) in [6.45, 7) is 4.04. The van der Waals surface area contributed by atoms with Crippen molar-refractivity contribution >= 4 is 70.1 Å². The van der Waals surface area contributed by atoms with Gasteiger partial charge in [0.1, 0.15) is 5.70 Å². The molecule has 0 heterocycles. The van der Waals surface area contributed by atoms with E-state index >= 15 is 0 Å². The van der Waals surface area contributed by atoms with E-state index in [1.165, 1.54) is 17.8 Å². The predicted octanol–water partition coefficient (Wildman–Crippen LogP) is 8.00. The number of amides is 3. The summed E-state index contributed by atoms with van der Waals surface area (Å²) in [5.74, 6) is -0.825. The molecular formula is C33H29Cl2N3O3S. The molecule has 214 valence electrons. The molecule has 0 aromatic heterocycles. The number of halogens is 2. The van der Waals surface area contributed by atoms with Crippen molar-refractivity contribution in [2.24, 2.45) is 0 Å². The smallest absolute Gasteiger partial charge is 0.272 e. The minimum Gasteiger partial charge on any atom is -0.325 e. The molecular weight excluding hydrogens is 589 g/mol. The zero-order valence-corrected chi connectivity index (χ0v) is 25.4. The number of benzene rings is 4. The molecule has 0 spiro atoms. The molecule has 6 nitrogen and oxygen atoms in total. The molecule has 0 aliphatic carbocycles. The summed E-state index contributed by atoms with van der Waals surface area (Å²) in [5.41, 5.74) is 4.43. The number of carbonyl (C=O) groups excluding carboxylic acids is 3. The Balaban J connectivity index is 1.43. The number of aryl methyl sites for hydroxylation is 2. The number of anilines is 2. The monoisotopic (exact) mass is 617 g/mol. The van der Waals surface area contributed by atoms with Crippen LogP contribution in [0.25, 0.3) is 6.08 Å². The molecule has 9 heteroatoms. The molecule has 42 heavy (non-hydrogen) atoms. The van der Waals surface area contributed by atoms with Crippen molar-refractivity contribution in [2.75, 3.05) is 16.4 Å². The highest BCUT2D eigenvalue weighted by atomic mass is 35.5. The van der Waals surface area contributed by atoms with Crippen LogP contribution in [0.15, 0.2) is 102 Å². The molecule has 0 aliphatic rings. The Morgan fingerprint density at radius 3 is 2.29 bits per heavy atom. The van der Waals surface area contributed by atoms with Gasteiger partial charge in [0.2, 0.25) is 5.91 Å². The van der Waals surface area contributed by atoms with Crippen LogP contribution in [0.1, 0.15) is 34.0 Å². The van der Waals surface area contributed by atoms with Gasteiger partial charge in [-0.1, -0.05) is 72.6 Å². The number of carbonyl (C=O) groups is 3. The third kappa shape index (κ3) is 8.49. The summed E-state index contributed by atoms with van der Waals surface area (Å²) in [4.78, 5) is 39.7. The third-order valence-corrected chi connectivity index (χ3v) is 7.85. The number of hydrogen-bond donors (Lipinski definition) is 3. The summed E-state index contributed by atoms with van der Waals surface area (Å²) in [6, 6.07) is 26.5. The summed E-state index contributed by atoms with van der Waals surface area (Å²) in [5, 5.41) is 9.32. The molecule has 0 atom stereocenters. The highest BCUT2D eigenvalue weighted by Crippen LogP contribution is 2.25. The number of thioether (sulfide) groups is 1. The Kier molecular flexibility index (Phi) is 10.8. The lowest BCUT2D eigenvalue weighted by Gasteiger charge is -2.13. The van der Waals surface area contributed by atoms with Gasteiger partial charge in [-0.3, -0.25) is 14.4 Å². The molecule has 4 aromatic rings. The first kappa shape index (κ1) is 30.9. The van der Waals surface area contributed by atoms with E-state index in [0.29, 0.717) is 26.9 Å². The van der Waals surface area contributed by atoms with Gasteiger partial charge in [0.05, 0.1) is 5.75 Å². The Hall–Kier alpha value is -4.04. The fourth-order valence-corrected chi connectivity index (χ4v) is 5.24. The van der Waals surface area contributed by atoms with Gasteiger partial charge >= 0.3 is 0 Å².